The Balaban J connectivity index is 2.60. The first-order chi connectivity index (χ1) is 9.41. The third kappa shape index (κ3) is 1.63. The van der Waals surface area contributed by atoms with Crippen LogP contribution in [0.4, 0.5) is 0 Å². The lowest BCUT2D eigenvalue weighted by atomic mass is 10.0. The van der Waals surface area contributed by atoms with Crippen molar-refractivity contribution in [2.75, 3.05) is 6.61 Å². The summed E-state index contributed by atoms with van der Waals surface area (Å²) in [5, 5.41) is 9.98. The average molecular weight is 294 g/mol. The fourth-order valence-electron chi connectivity index (χ4n) is 2.59. The molecule has 1 unspecified atom stereocenters. The van der Waals surface area contributed by atoms with E-state index in [0.717, 1.165) is 0 Å². The van der Waals surface area contributed by atoms with Crippen molar-refractivity contribution in [3.05, 3.63) is 38.6 Å². The second-order valence-corrected chi connectivity index (χ2v) is 5.38. The molecule has 0 spiro atoms. The summed E-state index contributed by atoms with van der Waals surface area (Å²) in [5.41, 5.74) is 0.483. The number of nitrogens with zero attached hydrogens (tertiary/aromatic N) is 1. The van der Waals surface area contributed by atoms with Gasteiger partial charge in [-0.05, 0) is 25.5 Å². The number of hydrogen-bond acceptors (Lipinski definition) is 3. The van der Waals surface area contributed by atoms with E-state index in [2.05, 4.69) is 0 Å². The van der Waals surface area contributed by atoms with Crippen molar-refractivity contribution in [1.29, 1.82) is 0 Å². The zero-order valence-corrected chi connectivity index (χ0v) is 11.7. The molecule has 5 nitrogen and oxygen atoms in total. The quantitative estimate of drug-likeness (QED) is 0.877. The highest BCUT2D eigenvalue weighted by atomic mass is 35.5. The van der Waals surface area contributed by atoms with Crippen molar-refractivity contribution >= 4 is 28.5 Å². The lowest BCUT2D eigenvalue weighted by molar-refractivity contribution is 0.0694. The van der Waals surface area contributed by atoms with Gasteiger partial charge >= 0.3 is 5.97 Å². The van der Waals surface area contributed by atoms with Crippen molar-refractivity contribution in [3.63, 3.8) is 0 Å². The van der Waals surface area contributed by atoms with Gasteiger partial charge in [-0.25, -0.2) is 4.79 Å². The van der Waals surface area contributed by atoms with E-state index in [9.17, 15) is 14.7 Å². The van der Waals surface area contributed by atoms with Crippen molar-refractivity contribution in [2.45, 2.75) is 19.9 Å². The summed E-state index contributed by atoms with van der Waals surface area (Å²) in [6, 6.07) is 1.56. The Kier molecular flexibility index (Phi) is 2.76. The molecule has 0 radical (unpaired) electrons. The zero-order chi connectivity index (χ0) is 14.6. The van der Waals surface area contributed by atoms with Crippen LogP contribution in [0.3, 0.4) is 0 Å². The minimum atomic E-state index is -1.23. The first-order valence-corrected chi connectivity index (χ1v) is 6.53. The Labute approximate surface area is 119 Å². The molecule has 1 aliphatic heterocycles. The number of halogens is 1. The number of hydrogen-bond donors (Lipinski definition) is 1. The van der Waals surface area contributed by atoms with E-state index in [1.165, 1.54) is 6.20 Å². The molecule has 0 fully saturated rings. The molecule has 0 bridgehead atoms. The summed E-state index contributed by atoms with van der Waals surface area (Å²) in [6.07, 6.45) is 1.37. The maximum atomic E-state index is 12.4. The van der Waals surface area contributed by atoms with Gasteiger partial charge < -0.3 is 14.4 Å². The van der Waals surface area contributed by atoms with Gasteiger partial charge in [0.15, 0.2) is 5.75 Å². The summed E-state index contributed by atoms with van der Waals surface area (Å²) >= 11 is 6.16. The second-order valence-electron chi connectivity index (χ2n) is 4.97. The topological polar surface area (TPSA) is 68.5 Å². The molecule has 1 aromatic carbocycles. The maximum absolute atomic E-state index is 12.4. The van der Waals surface area contributed by atoms with Crippen LogP contribution in [0.25, 0.3) is 10.9 Å². The van der Waals surface area contributed by atoms with Gasteiger partial charge in [-0.1, -0.05) is 11.6 Å². The number of carboxylic acid groups (broad SMARTS) is 1. The van der Waals surface area contributed by atoms with Crippen LogP contribution < -0.4 is 10.2 Å². The molecule has 0 aliphatic carbocycles. The van der Waals surface area contributed by atoms with E-state index in [-0.39, 0.29) is 11.6 Å². The fourth-order valence-corrected chi connectivity index (χ4v) is 2.90. The summed E-state index contributed by atoms with van der Waals surface area (Å²) in [4.78, 5) is 23.6. The van der Waals surface area contributed by atoms with Crippen LogP contribution >= 0.6 is 11.6 Å². The molecule has 0 amide bonds. The van der Waals surface area contributed by atoms with E-state index < -0.39 is 11.4 Å². The van der Waals surface area contributed by atoms with Gasteiger partial charge in [-0.15, -0.1) is 0 Å². The lowest BCUT2D eigenvalue weighted by Gasteiger charge is -2.28. The van der Waals surface area contributed by atoms with Crippen molar-refractivity contribution in [2.24, 2.45) is 0 Å². The van der Waals surface area contributed by atoms with Crippen LogP contribution in [0.2, 0.25) is 5.02 Å². The SMILES string of the molecule is Cc1cc(Cl)c2c3c1c(=O)c(C(=O)O)cn3C(C)CO2. The highest BCUT2D eigenvalue weighted by molar-refractivity contribution is 6.33. The molecular formula is C14H12ClNO4. The number of rotatable bonds is 1. The zero-order valence-electron chi connectivity index (χ0n) is 10.9. The van der Waals surface area contributed by atoms with E-state index in [1.807, 2.05) is 6.92 Å². The summed E-state index contributed by atoms with van der Waals surface area (Å²) < 4.78 is 7.37. The van der Waals surface area contributed by atoms with Crippen molar-refractivity contribution in [1.82, 2.24) is 4.57 Å². The fraction of sp³-hybridized carbons (Fsp3) is 0.286. The number of benzene rings is 1. The summed E-state index contributed by atoms with van der Waals surface area (Å²) in [5.74, 6) is -0.783. The van der Waals surface area contributed by atoms with E-state index >= 15 is 0 Å². The summed E-state index contributed by atoms with van der Waals surface area (Å²) in [6.45, 7) is 4.02. The van der Waals surface area contributed by atoms with Crippen LogP contribution in [0.15, 0.2) is 17.1 Å². The average Bonchev–Trinajstić information content (AvgIpc) is 2.36. The van der Waals surface area contributed by atoms with Crippen LogP contribution in [0.5, 0.6) is 5.75 Å². The highest BCUT2D eigenvalue weighted by Crippen LogP contribution is 2.38. The minimum Gasteiger partial charge on any atom is -0.488 e. The summed E-state index contributed by atoms with van der Waals surface area (Å²) in [7, 11) is 0. The van der Waals surface area contributed by atoms with Gasteiger partial charge in [0.2, 0.25) is 5.43 Å². The molecule has 2 heterocycles. The number of ether oxygens (including phenoxy) is 1. The number of carbonyl (C=O) groups is 1. The third-order valence-electron chi connectivity index (χ3n) is 3.58. The standard InChI is InChI=1S/C14H12ClNO4/c1-6-3-9(15)13-11-10(6)12(17)8(14(18)19)4-16(11)7(2)5-20-13/h3-4,7H,5H2,1-2H3,(H,18,19). The Morgan fingerprint density at radius 3 is 2.90 bits per heavy atom. The number of aromatic carboxylic acids is 1. The van der Waals surface area contributed by atoms with E-state index in [4.69, 9.17) is 16.3 Å². The number of aryl methyl sites for hydroxylation is 1. The molecule has 1 aromatic heterocycles. The molecule has 1 N–H and O–H groups in total. The molecule has 2 aromatic rings. The Bertz CT molecular complexity index is 809. The van der Waals surface area contributed by atoms with Gasteiger partial charge in [0.25, 0.3) is 0 Å². The van der Waals surface area contributed by atoms with Crippen LogP contribution in [0.1, 0.15) is 28.9 Å². The molecule has 1 aliphatic rings. The van der Waals surface area contributed by atoms with Gasteiger partial charge in [0.05, 0.1) is 22.0 Å². The molecule has 104 valence electrons. The first-order valence-electron chi connectivity index (χ1n) is 6.16. The van der Waals surface area contributed by atoms with Crippen molar-refractivity contribution < 1.29 is 14.6 Å². The molecule has 0 saturated heterocycles. The monoisotopic (exact) mass is 293 g/mol. The molecular weight excluding hydrogens is 282 g/mol. The first kappa shape index (κ1) is 13.0. The number of pyridine rings is 1. The molecule has 0 saturated carbocycles. The predicted molar refractivity (Wildman–Crippen MR) is 75.1 cm³/mol. The normalized spacial score (nSPS) is 17.1. The number of carboxylic acids is 1. The Hall–Kier alpha value is -2.01. The molecule has 3 rings (SSSR count). The van der Waals surface area contributed by atoms with E-state index in [0.29, 0.717) is 33.8 Å². The van der Waals surface area contributed by atoms with Crippen LogP contribution in [-0.2, 0) is 0 Å². The third-order valence-corrected chi connectivity index (χ3v) is 3.86. The van der Waals surface area contributed by atoms with Crippen LogP contribution in [-0.4, -0.2) is 22.2 Å². The molecule has 6 heteroatoms. The maximum Gasteiger partial charge on any atom is 0.341 e. The smallest absolute Gasteiger partial charge is 0.341 e. The molecule has 1 atom stereocenters. The lowest BCUT2D eigenvalue weighted by Crippen LogP contribution is -2.27. The highest BCUT2D eigenvalue weighted by Gasteiger charge is 2.26. The number of aromatic nitrogens is 1. The largest absolute Gasteiger partial charge is 0.488 e. The van der Waals surface area contributed by atoms with Gasteiger partial charge in [0.1, 0.15) is 12.2 Å². The minimum absolute atomic E-state index is 0.0680. The Morgan fingerprint density at radius 1 is 1.55 bits per heavy atom. The predicted octanol–water partition coefficient (Wildman–Crippen LogP) is 2.61. The second kappa shape index (κ2) is 4.24. The van der Waals surface area contributed by atoms with E-state index in [1.54, 1.807) is 17.6 Å². The van der Waals surface area contributed by atoms with Gasteiger partial charge in [-0.3, -0.25) is 4.79 Å². The van der Waals surface area contributed by atoms with Crippen LogP contribution in [0, 0.1) is 6.92 Å². The Morgan fingerprint density at radius 2 is 2.25 bits per heavy atom. The van der Waals surface area contributed by atoms with Crippen molar-refractivity contribution in [3.8, 4) is 5.75 Å². The van der Waals surface area contributed by atoms with Gasteiger partial charge in [0, 0.05) is 6.20 Å². The van der Waals surface area contributed by atoms with Gasteiger partial charge in [-0.2, -0.15) is 0 Å². The molecule has 20 heavy (non-hydrogen) atoms.